The molecule has 0 aliphatic carbocycles. The molecule has 94 valence electrons. The summed E-state index contributed by atoms with van der Waals surface area (Å²) in [6.45, 7) is 1.42. The zero-order valence-electron chi connectivity index (χ0n) is 9.38. The average molecular weight is 268 g/mol. The molecule has 4 nitrogen and oxygen atoms in total. The Morgan fingerprint density at radius 3 is 2.28 bits per heavy atom. The van der Waals surface area contributed by atoms with Crippen LogP contribution in [0.15, 0.2) is 46.1 Å². The predicted octanol–water partition coefficient (Wildman–Crippen LogP) is 2.81. The van der Waals surface area contributed by atoms with Crippen molar-refractivity contribution < 1.29 is 21.5 Å². The van der Waals surface area contributed by atoms with E-state index in [1.165, 1.54) is 25.1 Å². The van der Waals surface area contributed by atoms with Gasteiger partial charge >= 0.3 is 10.2 Å². The van der Waals surface area contributed by atoms with Crippen LogP contribution in [0, 0.1) is 0 Å². The lowest BCUT2D eigenvalue weighted by Gasteiger charge is -2.01. The van der Waals surface area contributed by atoms with Crippen molar-refractivity contribution in [3.8, 4) is 11.1 Å². The summed E-state index contributed by atoms with van der Waals surface area (Å²) in [7, 11) is -4.90. The van der Waals surface area contributed by atoms with Crippen molar-refractivity contribution in [3.05, 3.63) is 42.2 Å². The summed E-state index contributed by atoms with van der Waals surface area (Å²) >= 11 is 0. The van der Waals surface area contributed by atoms with Crippen LogP contribution >= 0.6 is 0 Å². The lowest BCUT2D eigenvalue weighted by molar-refractivity contribution is 0.101. The fraction of sp³-hybridized carbons (Fsp3) is 0.0833. The van der Waals surface area contributed by atoms with Crippen molar-refractivity contribution in [2.75, 3.05) is 0 Å². The molecule has 2 rings (SSSR count). The molecule has 1 aromatic carbocycles. The van der Waals surface area contributed by atoms with Gasteiger partial charge in [-0.2, -0.15) is 8.42 Å². The highest BCUT2D eigenvalue weighted by Gasteiger charge is 2.22. The average Bonchev–Trinajstić information content (AvgIpc) is 2.77. The molecule has 0 aliphatic rings. The highest BCUT2D eigenvalue weighted by atomic mass is 32.3. The molecule has 0 amide bonds. The standard InChI is InChI=1S/C12H9FO4S/c1-8(14)9-2-4-10(5-3-9)11-6-7-17-12(11)18(13,15)16/h2-7H,1H3. The fourth-order valence-corrected chi connectivity index (χ4v) is 2.20. The second-order valence-corrected chi connectivity index (χ2v) is 4.94. The smallest absolute Gasteiger partial charge is 0.366 e. The Bertz CT molecular complexity index is 683. The summed E-state index contributed by atoms with van der Waals surface area (Å²) in [6, 6.07) is 7.51. The Morgan fingerprint density at radius 2 is 1.78 bits per heavy atom. The summed E-state index contributed by atoms with van der Waals surface area (Å²) < 4.78 is 39.3. The first-order chi connectivity index (χ1) is 8.39. The Balaban J connectivity index is 2.50. The summed E-state index contributed by atoms with van der Waals surface area (Å²) in [6.07, 6.45) is 1.10. The van der Waals surface area contributed by atoms with E-state index in [0.717, 1.165) is 6.26 Å². The molecule has 0 spiro atoms. The number of hydrogen-bond donors (Lipinski definition) is 0. The van der Waals surface area contributed by atoms with Gasteiger partial charge in [-0.05, 0) is 18.6 Å². The zero-order chi connectivity index (χ0) is 13.3. The van der Waals surface area contributed by atoms with E-state index in [9.17, 15) is 17.1 Å². The first-order valence-electron chi connectivity index (χ1n) is 5.03. The SMILES string of the molecule is CC(=O)c1ccc(-c2ccoc2S(=O)(=O)F)cc1. The van der Waals surface area contributed by atoms with E-state index in [0.29, 0.717) is 11.1 Å². The van der Waals surface area contributed by atoms with Crippen molar-refractivity contribution in [1.29, 1.82) is 0 Å². The third-order valence-corrected chi connectivity index (χ3v) is 3.21. The number of furan rings is 1. The molecule has 0 bridgehead atoms. The van der Waals surface area contributed by atoms with E-state index >= 15 is 0 Å². The minimum Gasteiger partial charge on any atom is -0.450 e. The van der Waals surface area contributed by atoms with Gasteiger partial charge in [0.2, 0.25) is 0 Å². The largest absolute Gasteiger partial charge is 0.450 e. The Labute approximate surface area is 103 Å². The molecular formula is C12H9FO4S. The minimum absolute atomic E-state index is 0.105. The quantitative estimate of drug-likeness (QED) is 0.634. The molecule has 0 unspecified atom stereocenters. The molecule has 0 saturated carbocycles. The maximum absolute atomic E-state index is 12.9. The van der Waals surface area contributed by atoms with Gasteiger partial charge in [-0.3, -0.25) is 4.79 Å². The van der Waals surface area contributed by atoms with Gasteiger partial charge in [0, 0.05) is 11.1 Å². The van der Waals surface area contributed by atoms with Crippen LogP contribution in [0.5, 0.6) is 0 Å². The van der Waals surface area contributed by atoms with Gasteiger partial charge in [-0.1, -0.05) is 28.2 Å². The van der Waals surface area contributed by atoms with Gasteiger partial charge < -0.3 is 4.42 Å². The second kappa shape index (κ2) is 4.38. The molecule has 0 saturated heterocycles. The van der Waals surface area contributed by atoms with E-state index in [4.69, 9.17) is 0 Å². The first kappa shape index (κ1) is 12.5. The van der Waals surface area contributed by atoms with Crippen LogP contribution in [0.25, 0.3) is 11.1 Å². The normalized spacial score (nSPS) is 11.4. The van der Waals surface area contributed by atoms with Crippen LogP contribution in [0.4, 0.5) is 3.89 Å². The number of rotatable bonds is 3. The maximum atomic E-state index is 12.9. The first-order valence-corrected chi connectivity index (χ1v) is 6.41. The van der Waals surface area contributed by atoms with E-state index < -0.39 is 15.3 Å². The number of benzene rings is 1. The van der Waals surface area contributed by atoms with Crippen molar-refractivity contribution in [2.24, 2.45) is 0 Å². The number of ketones is 1. The number of hydrogen-bond acceptors (Lipinski definition) is 4. The topological polar surface area (TPSA) is 64.3 Å². The summed E-state index contributed by atoms with van der Waals surface area (Å²) in [5.41, 5.74) is 1.09. The van der Waals surface area contributed by atoms with Crippen molar-refractivity contribution >= 4 is 16.0 Å². The molecule has 0 N–H and O–H groups in total. The molecule has 0 radical (unpaired) electrons. The monoisotopic (exact) mass is 268 g/mol. The van der Waals surface area contributed by atoms with Crippen LogP contribution in [0.2, 0.25) is 0 Å². The van der Waals surface area contributed by atoms with Crippen LogP contribution in [0.3, 0.4) is 0 Å². The third-order valence-electron chi connectivity index (χ3n) is 2.45. The van der Waals surface area contributed by atoms with Crippen molar-refractivity contribution in [3.63, 3.8) is 0 Å². The Kier molecular flexibility index (Phi) is 3.04. The summed E-state index contributed by atoms with van der Waals surface area (Å²) in [5.74, 6) is -0.105. The lowest BCUT2D eigenvalue weighted by Crippen LogP contribution is -1.93. The summed E-state index contributed by atoms with van der Waals surface area (Å²) in [5, 5.41) is -0.724. The fourth-order valence-electron chi connectivity index (χ4n) is 1.58. The molecule has 1 heterocycles. The molecule has 18 heavy (non-hydrogen) atoms. The number of halogens is 1. The Hall–Kier alpha value is -1.95. The van der Waals surface area contributed by atoms with Gasteiger partial charge in [-0.15, -0.1) is 0 Å². The number of carbonyl (C=O) groups is 1. The van der Waals surface area contributed by atoms with E-state index in [-0.39, 0.29) is 11.3 Å². The second-order valence-electron chi connectivity index (χ2n) is 3.69. The van der Waals surface area contributed by atoms with Crippen LogP contribution in [-0.2, 0) is 10.2 Å². The van der Waals surface area contributed by atoms with Crippen LogP contribution in [-0.4, -0.2) is 14.2 Å². The minimum atomic E-state index is -4.90. The molecule has 2 aromatic rings. The Morgan fingerprint density at radius 1 is 1.17 bits per heavy atom. The zero-order valence-corrected chi connectivity index (χ0v) is 10.2. The van der Waals surface area contributed by atoms with Gasteiger partial charge in [0.05, 0.1) is 6.26 Å². The summed E-state index contributed by atoms with van der Waals surface area (Å²) in [4.78, 5) is 11.1. The van der Waals surface area contributed by atoms with E-state index in [1.54, 1.807) is 12.1 Å². The van der Waals surface area contributed by atoms with E-state index in [1.807, 2.05) is 0 Å². The molecular weight excluding hydrogens is 259 g/mol. The third kappa shape index (κ3) is 2.33. The van der Waals surface area contributed by atoms with Gasteiger partial charge in [0.15, 0.2) is 5.78 Å². The number of Topliss-reactive ketones (excluding diaryl/α,β-unsaturated/α-hetero) is 1. The molecule has 0 atom stereocenters. The molecule has 0 fully saturated rings. The lowest BCUT2D eigenvalue weighted by atomic mass is 10.1. The van der Waals surface area contributed by atoms with Gasteiger partial charge in [0.1, 0.15) is 0 Å². The maximum Gasteiger partial charge on any atom is 0.366 e. The molecule has 1 aromatic heterocycles. The highest BCUT2D eigenvalue weighted by molar-refractivity contribution is 7.86. The van der Waals surface area contributed by atoms with Crippen LogP contribution < -0.4 is 0 Å². The molecule has 0 aliphatic heterocycles. The van der Waals surface area contributed by atoms with Crippen molar-refractivity contribution in [1.82, 2.24) is 0 Å². The molecule has 6 heteroatoms. The van der Waals surface area contributed by atoms with Crippen molar-refractivity contribution in [2.45, 2.75) is 12.0 Å². The van der Waals surface area contributed by atoms with Gasteiger partial charge in [-0.25, -0.2) is 0 Å². The highest BCUT2D eigenvalue weighted by Crippen LogP contribution is 2.29. The predicted molar refractivity (Wildman–Crippen MR) is 62.4 cm³/mol. The van der Waals surface area contributed by atoms with Crippen LogP contribution in [0.1, 0.15) is 17.3 Å². The number of carbonyl (C=O) groups excluding carboxylic acids is 1. The van der Waals surface area contributed by atoms with Gasteiger partial charge in [0.25, 0.3) is 5.09 Å². The van der Waals surface area contributed by atoms with E-state index in [2.05, 4.69) is 4.42 Å².